The van der Waals surface area contributed by atoms with Gasteiger partial charge in [0.1, 0.15) is 11.7 Å². The summed E-state index contributed by atoms with van der Waals surface area (Å²) in [4.78, 5) is 34.2. The van der Waals surface area contributed by atoms with E-state index >= 15 is 0 Å². The molecule has 0 aliphatic carbocycles. The number of amides is 2. The zero-order valence-corrected chi connectivity index (χ0v) is 20.7. The standard InChI is InChI=1S/C27H34N4O5/c1-34-25-23(8-5-11-28-25)26(32)31-16-20-14-30(15-21(20)17-31)12-9-24(19-6-3-2-4-7-19)29-27(33)36-22-10-13-35-18-22/h2-8,11,20-22,24H,9-10,12-18H2,1H3,(H,29,33)/t20-,21?,22?,24?/m0/s1. The van der Waals surface area contributed by atoms with Crippen molar-refractivity contribution in [3.8, 4) is 5.88 Å². The van der Waals surface area contributed by atoms with Crippen molar-refractivity contribution in [3.05, 3.63) is 59.8 Å². The van der Waals surface area contributed by atoms with E-state index in [-0.39, 0.29) is 18.1 Å². The molecule has 0 radical (unpaired) electrons. The van der Waals surface area contributed by atoms with Gasteiger partial charge in [-0.05, 0) is 36.0 Å². The second kappa shape index (κ2) is 11.3. The molecule has 9 nitrogen and oxygen atoms in total. The molecule has 3 saturated heterocycles. The molecular weight excluding hydrogens is 460 g/mol. The van der Waals surface area contributed by atoms with Crippen LogP contribution in [0.5, 0.6) is 5.88 Å². The van der Waals surface area contributed by atoms with Crippen LogP contribution in [0.3, 0.4) is 0 Å². The summed E-state index contributed by atoms with van der Waals surface area (Å²) in [6.45, 7) is 5.35. The van der Waals surface area contributed by atoms with Gasteiger partial charge >= 0.3 is 6.09 Å². The number of nitrogens with one attached hydrogen (secondary N) is 1. The Morgan fingerprint density at radius 1 is 1.11 bits per heavy atom. The molecule has 9 heteroatoms. The molecule has 3 fully saturated rings. The lowest BCUT2D eigenvalue weighted by atomic mass is 10.0. The Bertz CT molecular complexity index is 1030. The number of alkyl carbamates (subject to hydrolysis) is 1. The van der Waals surface area contributed by atoms with E-state index in [1.807, 2.05) is 35.2 Å². The lowest BCUT2D eigenvalue weighted by Gasteiger charge is -2.25. The highest BCUT2D eigenvalue weighted by Gasteiger charge is 2.42. The van der Waals surface area contributed by atoms with Gasteiger partial charge in [0.25, 0.3) is 5.91 Å². The second-order valence-electron chi connectivity index (χ2n) is 9.84. The summed E-state index contributed by atoms with van der Waals surface area (Å²) in [6.07, 6.45) is 2.60. The molecule has 0 spiro atoms. The first kappa shape index (κ1) is 24.5. The van der Waals surface area contributed by atoms with E-state index in [1.165, 1.54) is 7.11 Å². The molecule has 1 aromatic carbocycles. The monoisotopic (exact) mass is 494 g/mol. The summed E-state index contributed by atoms with van der Waals surface area (Å²) in [7, 11) is 1.54. The molecule has 36 heavy (non-hydrogen) atoms. The summed E-state index contributed by atoms with van der Waals surface area (Å²) in [5.41, 5.74) is 1.59. The number of hydrogen-bond donors (Lipinski definition) is 1. The van der Waals surface area contributed by atoms with Crippen LogP contribution in [0.1, 0.15) is 34.8 Å². The number of carbonyl (C=O) groups is 2. The highest BCUT2D eigenvalue weighted by molar-refractivity contribution is 5.96. The fourth-order valence-electron chi connectivity index (χ4n) is 5.58. The molecule has 3 aliphatic rings. The SMILES string of the molecule is COc1ncccc1C(=O)N1CC2CN(CCC(NC(=O)OC3CCOC3)c3ccccc3)C[C@H]2C1. The van der Waals surface area contributed by atoms with E-state index in [0.717, 1.165) is 51.1 Å². The van der Waals surface area contributed by atoms with Gasteiger partial charge < -0.3 is 29.3 Å². The number of likely N-dealkylation sites (tertiary alicyclic amines) is 2. The molecule has 4 heterocycles. The Morgan fingerprint density at radius 2 is 1.89 bits per heavy atom. The Morgan fingerprint density at radius 3 is 2.58 bits per heavy atom. The van der Waals surface area contributed by atoms with E-state index in [1.54, 1.807) is 18.3 Å². The lowest BCUT2D eigenvalue weighted by Crippen LogP contribution is -2.36. The van der Waals surface area contributed by atoms with E-state index in [2.05, 4.69) is 15.2 Å². The van der Waals surface area contributed by atoms with Crippen molar-refractivity contribution in [2.75, 3.05) is 53.0 Å². The molecule has 2 amide bonds. The molecule has 2 aromatic rings. The van der Waals surface area contributed by atoms with Crippen molar-refractivity contribution in [1.29, 1.82) is 0 Å². The Kier molecular flexibility index (Phi) is 7.67. The fraction of sp³-hybridized carbons (Fsp3) is 0.519. The maximum Gasteiger partial charge on any atom is 0.407 e. The van der Waals surface area contributed by atoms with Crippen LogP contribution in [-0.4, -0.2) is 85.9 Å². The third-order valence-electron chi connectivity index (χ3n) is 7.43. The molecule has 3 aliphatic heterocycles. The molecule has 3 unspecified atom stereocenters. The van der Waals surface area contributed by atoms with Crippen LogP contribution in [0.2, 0.25) is 0 Å². The van der Waals surface area contributed by atoms with E-state index in [9.17, 15) is 9.59 Å². The van der Waals surface area contributed by atoms with Crippen LogP contribution in [0.4, 0.5) is 4.79 Å². The molecule has 0 bridgehead atoms. The summed E-state index contributed by atoms with van der Waals surface area (Å²) in [6, 6.07) is 13.4. The van der Waals surface area contributed by atoms with Crippen molar-refractivity contribution in [2.45, 2.75) is 25.0 Å². The zero-order chi connectivity index (χ0) is 24.9. The second-order valence-corrected chi connectivity index (χ2v) is 9.84. The first-order valence-electron chi connectivity index (χ1n) is 12.7. The molecule has 1 N–H and O–H groups in total. The average Bonchev–Trinajstić information content (AvgIpc) is 3.64. The number of pyridine rings is 1. The van der Waals surface area contributed by atoms with Gasteiger partial charge in [-0.1, -0.05) is 30.3 Å². The minimum atomic E-state index is -0.391. The van der Waals surface area contributed by atoms with Crippen LogP contribution in [-0.2, 0) is 9.47 Å². The molecular formula is C27H34N4O5. The van der Waals surface area contributed by atoms with Gasteiger partial charge in [-0.15, -0.1) is 0 Å². The number of rotatable bonds is 8. The summed E-state index contributed by atoms with van der Waals surface area (Å²) < 4.78 is 16.1. The Hall–Kier alpha value is -3.17. The van der Waals surface area contributed by atoms with Crippen molar-refractivity contribution in [3.63, 3.8) is 0 Å². The fourth-order valence-corrected chi connectivity index (χ4v) is 5.58. The number of nitrogens with zero attached hydrogens (tertiary/aromatic N) is 3. The third kappa shape index (κ3) is 5.63. The number of methoxy groups -OCH3 is 1. The largest absolute Gasteiger partial charge is 0.480 e. The van der Waals surface area contributed by atoms with Gasteiger partial charge in [0.2, 0.25) is 5.88 Å². The number of carbonyl (C=O) groups excluding carboxylic acids is 2. The van der Waals surface area contributed by atoms with Crippen LogP contribution in [0.25, 0.3) is 0 Å². The van der Waals surface area contributed by atoms with E-state index in [0.29, 0.717) is 36.5 Å². The first-order valence-corrected chi connectivity index (χ1v) is 12.7. The van der Waals surface area contributed by atoms with Gasteiger partial charge in [0.05, 0.1) is 26.4 Å². The third-order valence-corrected chi connectivity index (χ3v) is 7.43. The number of ether oxygens (including phenoxy) is 3. The lowest BCUT2D eigenvalue weighted by molar-refractivity contribution is 0.0769. The van der Waals surface area contributed by atoms with Gasteiger partial charge in [0.15, 0.2) is 0 Å². The maximum atomic E-state index is 13.1. The summed E-state index contributed by atoms with van der Waals surface area (Å²) >= 11 is 0. The van der Waals surface area contributed by atoms with E-state index < -0.39 is 6.09 Å². The van der Waals surface area contributed by atoms with Crippen molar-refractivity contribution in [1.82, 2.24) is 20.1 Å². The highest BCUT2D eigenvalue weighted by Crippen LogP contribution is 2.33. The maximum absolute atomic E-state index is 13.1. The molecule has 0 saturated carbocycles. The molecule has 192 valence electrons. The van der Waals surface area contributed by atoms with Gasteiger partial charge in [0, 0.05) is 45.3 Å². The van der Waals surface area contributed by atoms with E-state index in [4.69, 9.17) is 14.2 Å². The van der Waals surface area contributed by atoms with Crippen LogP contribution in [0, 0.1) is 11.8 Å². The van der Waals surface area contributed by atoms with Crippen molar-refractivity contribution < 1.29 is 23.8 Å². The quantitative estimate of drug-likeness (QED) is 0.603. The first-order chi connectivity index (χ1) is 17.6. The normalized spacial score (nSPS) is 24.4. The average molecular weight is 495 g/mol. The van der Waals surface area contributed by atoms with Crippen molar-refractivity contribution >= 4 is 12.0 Å². The highest BCUT2D eigenvalue weighted by atomic mass is 16.6. The summed E-state index contributed by atoms with van der Waals surface area (Å²) in [5.74, 6) is 1.26. The van der Waals surface area contributed by atoms with Gasteiger partial charge in [-0.25, -0.2) is 9.78 Å². The zero-order valence-electron chi connectivity index (χ0n) is 20.7. The minimum absolute atomic E-state index is 0.0135. The van der Waals surface area contributed by atoms with Crippen LogP contribution < -0.4 is 10.1 Å². The Balaban J connectivity index is 1.14. The minimum Gasteiger partial charge on any atom is -0.480 e. The number of hydrogen-bond acceptors (Lipinski definition) is 7. The van der Waals surface area contributed by atoms with Gasteiger partial charge in [-0.2, -0.15) is 0 Å². The smallest absolute Gasteiger partial charge is 0.407 e. The van der Waals surface area contributed by atoms with Crippen LogP contribution in [0.15, 0.2) is 48.7 Å². The van der Waals surface area contributed by atoms with Crippen LogP contribution >= 0.6 is 0 Å². The van der Waals surface area contributed by atoms with Gasteiger partial charge in [-0.3, -0.25) is 4.79 Å². The number of aromatic nitrogens is 1. The summed E-state index contributed by atoms with van der Waals surface area (Å²) in [5, 5.41) is 3.07. The topological polar surface area (TPSA) is 93.2 Å². The Labute approximate surface area is 211 Å². The molecule has 4 atom stereocenters. The number of benzene rings is 1. The molecule has 5 rings (SSSR count). The molecule has 1 aromatic heterocycles. The van der Waals surface area contributed by atoms with Crippen molar-refractivity contribution in [2.24, 2.45) is 11.8 Å². The predicted octanol–water partition coefficient (Wildman–Crippen LogP) is 2.74. The number of fused-ring (bicyclic) bond motifs is 1. The predicted molar refractivity (Wildman–Crippen MR) is 133 cm³/mol.